The van der Waals surface area contributed by atoms with E-state index in [4.69, 9.17) is 4.74 Å². The van der Waals surface area contributed by atoms with Crippen molar-refractivity contribution >= 4 is 11.6 Å². The van der Waals surface area contributed by atoms with Crippen LogP contribution in [0.2, 0.25) is 0 Å². The topological polar surface area (TPSA) is 84.1 Å². The molecular weight excluding hydrogens is 402 g/mol. The Balaban J connectivity index is 1.72. The molecule has 3 aromatic rings. The van der Waals surface area contributed by atoms with Crippen molar-refractivity contribution in [3.05, 3.63) is 131 Å². The first kappa shape index (κ1) is 22.7. The van der Waals surface area contributed by atoms with Gasteiger partial charge in [-0.2, -0.15) is 0 Å². The van der Waals surface area contributed by atoms with Crippen LogP contribution in [0.1, 0.15) is 22.9 Å². The predicted octanol–water partition coefficient (Wildman–Crippen LogP) is 4.51. The fourth-order valence-corrected chi connectivity index (χ4v) is 3.20. The predicted molar refractivity (Wildman–Crippen MR) is 126 cm³/mol. The molecule has 0 aliphatic carbocycles. The summed E-state index contributed by atoms with van der Waals surface area (Å²) in [5.74, 6) is -0.647. The molecule has 0 aliphatic rings. The molecule has 6 heteroatoms. The fraction of sp³-hybridized carbons (Fsp3) is 0.115. The van der Waals surface area contributed by atoms with Crippen LogP contribution < -0.4 is 10.9 Å². The van der Waals surface area contributed by atoms with E-state index in [0.717, 1.165) is 11.1 Å². The van der Waals surface area contributed by atoms with E-state index >= 15 is 0 Å². The minimum Gasteiger partial charge on any atom is -0.369 e. The van der Waals surface area contributed by atoms with Crippen LogP contribution in [0.25, 0.3) is 0 Å². The Labute approximate surface area is 187 Å². The van der Waals surface area contributed by atoms with Gasteiger partial charge in [-0.1, -0.05) is 92.0 Å². The van der Waals surface area contributed by atoms with E-state index in [1.54, 1.807) is 18.2 Å². The molecule has 1 atom stereocenters. The summed E-state index contributed by atoms with van der Waals surface area (Å²) in [6.07, 6.45) is 6.26. The third-order valence-corrected chi connectivity index (χ3v) is 4.73. The highest BCUT2D eigenvalue weighted by molar-refractivity contribution is 5.98. The first-order valence-corrected chi connectivity index (χ1v) is 10.1. The maximum atomic E-state index is 13.1. The number of benzene rings is 2. The molecule has 3 rings (SSSR count). The van der Waals surface area contributed by atoms with E-state index in [1.165, 1.54) is 6.20 Å². The maximum absolute atomic E-state index is 13.1. The van der Waals surface area contributed by atoms with Crippen LogP contribution in [-0.2, 0) is 22.7 Å². The number of rotatable bonds is 10. The molecule has 162 valence electrons. The number of nitrogens with one attached hydrogen (secondary N) is 2. The molecule has 1 amide bonds. The number of aromatic nitrogens is 2. The third-order valence-electron chi connectivity index (χ3n) is 4.73. The summed E-state index contributed by atoms with van der Waals surface area (Å²) in [6.45, 7) is 8.06. The second-order valence-corrected chi connectivity index (χ2v) is 6.99. The summed E-state index contributed by atoms with van der Waals surface area (Å²) < 4.78 is 5.60. The van der Waals surface area contributed by atoms with Gasteiger partial charge in [0.2, 0.25) is 5.91 Å². The monoisotopic (exact) mass is 427 g/mol. The summed E-state index contributed by atoms with van der Waals surface area (Å²) in [5, 5.41) is 2.68. The van der Waals surface area contributed by atoms with E-state index in [1.807, 2.05) is 60.7 Å². The molecule has 0 fully saturated rings. The van der Waals surface area contributed by atoms with Crippen LogP contribution in [0.15, 0.2) is 109 Å². The molecule has 0 saturated heterocycles. The van der Waals surface area contributed by atoms with Gasteiger partial charge < -0.3 is 15.0 Å². The highest BCUT2D eigenvalue weighted by atomic mass is 16.5. The Morgan fingerprint density at radius 1 is 1.06 bits per heavy atom. The van der Waals surface area contributed by atoms with Crippen molar-refractivity contribution in [2.45, 2.75) is 19.1 Å². The third kappa shape index (κ3) is 6.00. The van der Waals surface area contributed by atoms with Gasteiger partial charge in [0.25, 0.3) is 5.56 Å². The van der Waals surface area contributed by atoms with Crippen LogP contribution >= 0.6 is 0 Å². The first-order chi connectivity index (χ1) is 15.6. The Kier molecular flexibility index (Phi) is 8.06. The molecule has 0 bridgehead atoms. The molecule has 1 aromatic heterocycles. The van der Waals surface area contributed by atoms with Crippen molar-refractivity contribution in [2.75, 3.05) is 5.32 Å². The number of H-pyrrole nitrogens is 1. The Hall–Kier alpha value is -4.03. The van der Waals surface area contributed by atoms with Crippen LogP contribution in [0.3, 0.4) is 0 Å². The number of carbonyl (C=O) groups excluding carboxylic acids is 1. The van der Waals surface area contributed by atoms with E-state index in [0.29, 0.717) is 18.0 Å². The number of carbonyl (C=O) groups is 1. The van der Waals surface area contributed by atoms with Crippen LogP contribution in [0, 0.1) is 0 Å². The summed E-state index contributed by atoms with van der Waals surface area (Å²) in [7, 11) is 0. The van der Waals surface area contributed by atoms with Crippen molar-refractivity contribution in [1.82, 2.24) is 9.97 Å². The normalized spacial score (nSPS) is 12.1. The standard InChI is InChI=1S/C26H25N3O3/c1-3-11-20(4-2)24(21-14-9-6-10-15-21)26(31)28-22-16-27-23(29-25(22)30)18-32-17-19-12-7-5-8-13-19/h3-16,24H,1-2,17-18H2,(H,28,31)(H,27,29,30)/b20-11+. The van der Waals surface area contributed by atoms with Crippen molar-refractivity contribution in [2.24, 2.45) is 0 Å². The SMILES string of the molecule is C=C/C=C(\C=C)C(C(=O)Nc1cnc(COCc2ccccc2)[nH]c1=O)c1ccccc1. The van der Waals surface area contributed by atoms with Gasteiger partial charge in [-0.15, -0.1) is 0 Å². The van der Waals surface area contributed by atoms with E-state index < -0.39 is 11.5 Å². The van der Waals surface area contributed by atoms with Gasteiger partial charge >= 0.3 is 0 Å². The Morgan fingerprint density at radius 3 is 2.38 bits per heavy atom. The smallest absolute Gasteiger partial charge is 0.274 e. The zero-order valence-electron chi connectivity index (χ0n) is 17.7. The van der Waals surface area contributed by atoms with E-state index in [2.05, 4.69) is 28.4 Å². The Bertz CT molecular complexity index is 1150. The summed E-state index contributed by atoms with van der Waals surface area (Å²) in [5.41, 5.74) is 2.07. The van der Waals surface area contributed by atoms with Gasteiger partial charge in [-0.3, -0.25) is 9.59 Å². The summed E-state index contributed by atoms with van der Waals surface area (Å²) >= 11 is 0. The lowest BCUT2D eigenvalue weighted by molar-refractivity contribution is -0.116. The number of aromatic amines is 1. The number of amides is 1. The quantitative estimate of drug-likeness (QED) is 0.467. The van der Waals surface area contributed by atoms with Gasteiger partial charge in [0.15, 0.2) is 0 Å². The van der Waals surface area contributed by atoms with Gasteiger partial charge in [-0.05, 0) is 16.7 Å². The molecular formula is C26H25N3O3. The van der Waals surface area contributed by atoms with Gasteiger partial charge in [0, 0.05) is 0 Å². The maximum Gasteiger partial charge on any atom is 0.274 e. The molecule has 32 heavy (non-hydrogen) atoms. The molecule has 1 unspecified atom stereocenters. The number of nitrogens with zero attached hydrogens (tertiary/aromatic N) is 1. The van der Waals surface area contributed by atoms with Gasteiger partial charge in [-0.25, -0.2) is 4.98 Å². The molecule has 6 nitrogen and oxygen atoms in total. The highest BCUT2D eigenvalue weighted by Gasteiger charge is 2.24. The molecule has 1 heterocycles. The van der Waals surface area contributed by atoms with E-state index in [-0.39, 0.29) is 18.2 Å². The second-order valence-electron chi connectivity index (χ2n) is 6.99. The summed E-state index contributed by atoms with van der Waals surface area (Å²) in [4.78, 5) is 32.5. The fourth-order valence-electron chi connectivity index (χ4n) is 3.20. The van der Waals surface area contributed by atoms with Crippen LogP contribution in [0.4, 0.5) is 5.69 Å². The highest BCUT2D eigenvalue weighted by Crippen LogP contribution is 2.26. The lowest BCUT2D eigenvalue weighted by Gasteiger charge is -2.18. The minimum absolute atomic E-state index is 0.0600. The van der Waals surface area contributed by atoms with Gasteiger partial charge in [0.1, 0.15) is 18.1 Å². The molecule has 0 radical (unpaired) electrons. The molecule has 0 aliphatic heterocycles. The first-order valence-electron chi connectivity index (χ1n) is 10.1. The lowest BCUT2D eigenvalue weighted by atomic mass is 9.89. The number of anilines is 1. The van der Waals surface area contributed by atoms with Crippen LogP contribution in [-0.4, -0.2) is 15.9 Å². The van der Waals surface area contributed by atoms with Gasteiger partial charge in [0.05, 0.1) is 18.7 Å². The molecule has 0 saturated carbocycles. The number of allylic oxidation sites excluding steroid dienone is 3. The van der Waals surface area contributed by atoms with Crippen molar-refractivity contribution in [3.63, 3.8) is 0 Å². The number of hydrogen-bond donors (Lipinski definition) is 2. The number of hydrogen-bond acceptors (Lipinski definition) is 4. The average molecular weight is 428 g/mol. The lowest BCUT2D eigenvalue weighted by Crippen LogP contribution is -2.27. The van der Waals surface area contributed by atoms with Crippen molar-refractivity contribution < 1.29 is 9.53 Å². The minimum atomic E-state index is -0.653. The molecule has 0 spiro atoms. The van der Waals surface area contributed by atoms with Crippen molar-refractivity contribution in [1.29, 1.82) is 0 Å². The average Bonchev–Trinajstić information content (AvgIpc) is 2.82. The summed E-state index contributed by atoms with van der Waals surface area (Å²) in [6, 6.07) is 19.0. The van der Waals surface area contributed by atoms with E-state index in [9.17, 15) is 9.59 Å². The Morgan fingerprint density at radius 2 is 1.75 bits per heavy atom. The number of ether oxygens (including phenoxy) is 1. The zero-order valence-corrected chi connectivity index (χ0v) is 17.7. The van der Waals surface area contributed by atoms with Crippen LogP contribution in [0.5, 0.6) is 0 Å². The molecule has 2 aromatic carbocycles. The zero-order chi connectivity index (χ0) is 22.8. The van der Waals surface area contributed by atoms with Crippen molar-refractivity contribution in [3.8, 4) is 0 Å². The second kappa shape index (κ2) is 11.4. The molecule has 2 N–H and O–H groups in total. The largest absolute Gasteiger partial charge is 0.369 e.